The first-order chi connectivity index (χ1) is 9.30. The minimum Gasteiger partial charge on any atom is -0.493 e. The Morgan fingerprint density at radius 3 is 2.68 bits per heavy atom. The molecule has 0 aromatic carbocycles. The first kappa shape index (κ1) is 13.5. The molecule has 19 heavy (non-hydrogen) atoms. The van der Waals surface area contributed by atoms with Gasteiger partial charge in [-0.1, -0.05) is 0 Å². The maximum atomic E-state index is 5.41. The predicted octanol–water partition coefficient (Wildman–Crippen LogP) is 1.81. The van der Waals surface area contributed by atoms with Crippen molar-refractivity contribution in [3.05, 3.63) is 42.0 Å². The Bertz CT molecular complexity index is 488. The van der Waals surface area contributed by atoms with Gasteiger partial charge in [-0.2, -0.15) is 5.10 Å². The van der Waals surface area contributed by atoms with E-state index in [4.69, 9.17) is 4.74 Å². The third-order valence-corrected chi connectivity index (χ3v) is 3.23. The summed E-state index contributed by atoms with van der Waals surface area (Å²) in [7, 11) is 3.64. The van der Waals surface area contributed by atoms with E-state index in [1.165, 1.54) is 5.56 Å². The summed E-state index contributed by atoms with van der Waals surface area (Å²) in [5.41, 5.74) is 2.32. The van der Waals surface area contributed by atoms with Crippen LogP contribution in [0.4, 0.5) is 0 Å². The van der Waals surface area contributed by atoms with Crippen LogP contribution < -0.4 is 10.1 Å². The summed E-state index contributed by atoms with van der Waals surface area (Å²) in [5, 5.41) is 7.70. The number of ether oxygens (including phenoxy) is 1. The number of pyridine rings is 1. The SMILES string of the molecule is CCn1ncc(OC)c1C(Cc1ccncc1)NC. The molecule has 0 fully saturated rings. The van der Waals surface area contributed by atoms with E-state index in [2.05, 4.69) is 22.3 Å². The molecule has 0 spiro atoms. The van der Waals surface area contributed by atoms with E-state index in [9.17, 15) is 0 Å². The number of methoxy groups -OCH3 is 1. The third-order valence-electron chi connectivity index (χ3n) is 3.23. The van der Waals surface area contributed by atoms with Gasteiger partial charge in [-0.3, -0.25) is 9.67 Å². The molecule has 2 aromatic heterocycles. The molecule has 0 aliphatic heterocycles. The van der Waals surface area contributed by atoms with Crippen LogP contribution in [0.25, 0.3) is 0 Å². The Kier molecular flexibility index (Phi) is 4.52. The number of nitrogens with one attached hydrogen (secondary N) is 1. The Hall–Kier alpha value is -1.88. The second kappa shape index (κ2) is 6.33. The van der Waals surface area contributed by atoms with Gasteiger partial charge in [-0.25, -0.2) is 0 Å². The molecule has 0 radical (unpaired) electrons. The van der Waals surface area contributed by atoms with Gasteiger partial charge in [-0.05, 0) is 38.1 Å². The maximum absolute atomic E-state index is 5.41. The van der Waals surface area contributed by atoms with Gasteiger partial charge in [0.25, 0.3) is 0 Å². The summed E-state index contributed by atoms with van der Waals surface area (Å²) >= 11 is 0. The molecule has 5 nitrogen and oxygen atoms in total. The normalized spacial score (nSPS) is 12.4. The van der Waals surface area contributed by atoms with Crippen molar-refractivity contribution in [2.24, 2.45) is 0 Å². The van der Waals surface area contributed by atoms with Crippen molar-refractivity contribution in [2.75, 3.05) is 14.2 Å². The number of hydrogen-bond acceptors (Lipinski definition) is 4. The lowest BCUT2D eigenvalue weighted by Crippen LogP contribution is -2.23. The molecule has 0 aliphatic carbocycles. The molecule has 0 amide bonds. The van der Waals surface area contributed by atoms with E-state index >= 15 is 0 Å². The highest BCUT2D eigenvalue weighted by Gasteiger charge is 2.20. The molecule has 1 atom stereocenters. The number of aryl methyl sites for hydroxylation is 1. The monoisotopic (exact) mass is 260 g/mol. The summed E-state index contributed by atoms with van der Waals surface area (Å²) in [6.45, 7) is 2.91. The smallest absolute Gasteiger partial charge is 0.161 e. The quantitative estimate of drug-likeness (QED) is 0.860. The third kappa shape index (κ3) is 2.93. The molecule has 2 aromatic rings. The van der Waals surface area contributed by atoms with Crippen LogP contribution in [0.3, 0.4) is 0 Å². The Morgan fingerprint density at radius 1 is 1.37 bits per heavy atom. The van der Waals surface area contributed by atoms with Crippen LogP contribution >= 0.6 is 0 Å². The number of nitrogens with zero attached hydrogens (tertiary/aromatic N) is 3. The minimum atomic E-state index is 0.166. The van der Waals surface area contributed by atoms with Crippen LogP contribution in [0.2, 0.25) is 0 Å². The zero-order valence-electron chi connectivity index (χ0n) is 11.6. The molecular weight excluding hydrogens is 240 g/mol. The van der Waals surface area contributed by atoms with Crippen LogP contribution in [0, 0.1) is 0 Å². The van der Waals surface area contributed by atoms with Crippen LogP contribution in [-0.4, -0.2) is 28.9 Å². The van der Waals surface area contributed by atoms with Gasteiger partial charge in [0.2, 0.25) is 0 Å². The molecule has 102 valence electrons. The highest BCUT2D eigenvalue weighted by atomic mass is 16.5. The van der Waals surface area contributed by atoms with Crippen LogP contribution in [-0.2, 0) is 13.0 Å². The summed E-state index contributed by atoms with van der Waals surface area (Å²) in [6, 6.07) is 4.23. The zero-order valence-corrected chi connectivity index (χ0v) is 11.6. The van der Waals surface area contributed by atoms with Gasteiger partial charge in [0.1, 0.15) is 0 Å². The molecule has 1 N–H and O–H groups in total. The van der Waals surface area contributed by atoms with E-state index in [-0.39, 0.29) is 6.04 Å². The largest absolute Gasteiger partial charge is 0.493 e. The second-order valence-corrected chi connectivity index (χ2v) is 4.31. The fraction of sp³-hybridized carbons (Fsp3) is 0.429. The molecule has 0 saturated heterocycles. The fourth-order valence-corrected chi connectivity index (χ4v) is 2.23. The average molecular weight is 260 g/mol. The van der Waals surface area contributed by atoms with E-state index in [0.29, 0.717) is 0 Å². The molecule has 1 unspecified atom stereocenters. The summed E-state index contributed by atoms with van der Waals surface area (Å²) in [5.74, 6) is 0.829. The number of aromatic nitrogens is 3. The first-order valence-corrected chi connectivity index (χ1v) is 6.46. The van der Waals surface area contributed by atoms with Gasteiger partial charge < -0.3 is 10.1 Å². The van der Waals surface area contributed by atoms with Gasteiger partial charge in [0.15, 0.2) is 5.75 Å². The van der Waals surface area contributed by atoms with Crippen LogP contribution in [0.5, 0.6) is 5.75 Å². The van der Waals surface area contributed by atoms with E-state index in [0.717, 1.165) is 24.4 Å². The zero-order chi connectivity index (χ0) is 13.7. The highest BCUT2D eigenvalue weighted by Crippen LogP contribution is 2.27. The van der Waals surface area contributed by atoms with Crippen molar-refractivity contribution in [1.29, 1.82) is 0 Å². The van der Waals surface area contributed by atoms with Gasteiger partial charge in [0, 0.05) is 18.9 Å². The van der Waals surface area contributed by atoms with E-state index < -0.39 is 0 Å². The van der Waals surface area contributed by atoms with Gasteiger partial charge in [0.05, 0.1) is 25.0 Å². The average Bonchev–Trinajstić information content (AvgIpc) is 2.88. The molecule has 5 heteroatoms. The van der Waals surface area contributed by atoms with Crippen molar-refractivity contribution in [3.8, 4) is 5.75 Å². The molecule has 0 saturated carbocycles. The molecule has 2 heterocycles. The molecule has 0 aliphatic rings. The lowest BCUT2D eigenvalue weighted by Gasteiger charge is -2.19. The first-order valence-electron chi connectivity index (χ1n) is 6.46. The van der Waals surface area contributed by atoms with Gasteiger partial charge >= 0.3 is 0 Å². The highest BCUT2D eigenvalue weighted by molar-refractivity contribution is 5.30. The van der Waals surface area contributed by atoms with Crippen molar-refractivity contribution in [1.82, 2.24) is 20.1 Å². The number of rotatable bonds is 6. The van der Waals surface area contributed by atoms with Gasteiger partial charge in [-0.15, -0.1) is 0 Å². The minimum absolute atomic E-state index is 0.166. The lowest BCUT2D eigenvalue weighted by atomic mass is 10.0. The summed E-state index contributed by atoms with van der Waals surface area (Å²) in [4.78, 5) is 4.05. The van der Waals surface area contributed by atoms with Crippen LogP contribution in [0.15, 0.2) is 30.7 Å². The number of likely N-dealkylation sites (N-methyl/N-ethyl adjacent to an activating group) is 1. The summed E-state index contributed by atoms with van der Waals surface area (Å²) < 4.78 is 7.39. The predicted molar refractivity (Wildman–Crippen MR) is 74.2 cm³/mol. The second-order valence-electron chi connectivity index (χ2n) is 4.31. The standard InChI is InChI=1S/C14H20N4O/c1-4-18-14(13(19-3)10-17-18)12(15-2)9-11-5-7-16-8-6-11/h5-8,10,12,15H,4,9H2,1-3H3. The Balaban J connectivity index is 2.29. The topological polar surface area (TPSA) is 52.0 Å². The van der Waals surface area contributed by atoms with Crippen molar-refractivity contribution < 1.29 is 4.74 Å². The van der Waals surface area contributed by atoms with Crippen LogP contribution in [0.1, 0.15) is 24.2 Å². The fourth-order valence-electron chi connectivity index (χ4n) is 2.23. The number of hydrogen-bond donors (Lipinski definition) is 1. The summed E-state index contributed by atoms with van der Waals surface area (Å²) in [6.07, 6.45) is 6.28. The Labute approximate surface area is 113 Å². The van der Waals surface area contributed by atoms with Crippen molar-refractivity contribution in [2.45, 2.75) is 25.9 Å². The molecule has 0 bridgehead atoms. The van der Waals surface area contributed by atoms with Crippen molar-refractivity contribution >= 4 is 0 Å². The Morgan fingerprint density at radius 2 is 2.11 bits per heavy atom. The lowest BCUT2D eigenvalue weighted by molar-refractivity contribution is 0.394. The van der Waals surface area contributed by atoms with E-state index in [1.54, 1.807) is 13.3 Å². The van der Waals surface area contributed by atoms with E-state index in [1.807, 2.05) is 36.3 Å². The van der Waals surface area contributed by atoms with Crippen molar-refractivity contribution in [3.63, 3.8) is 0 Å². The molecular formula is C14H20N4O. The maximum Gasteiger partial charge on any atom is 0.161 e. The molecule has 2 rings (SSSR count).